The molecule has 1 aromatic carbocycles. The number of hydrogen-bond acceptors (Lipinski definition) is 4. The number of sulfonamides is 1. The fraction of sp³-hybridized carbons (Fsp3) is 0.300. The van der Waals surface area contributed by atoms with E-state index in [1.165, 1.54) is 31.1 Å². The van der Waals surface area contributed by atoms with E-state index >= 15 is 0 Å². The summed E-state index contributed by atoms with van der Waals surface area (Å²) in [5, 5.41) is 0.0137. The van der Waals surface area contributed by atoms with Crippen molar-refractivity contribution in [3.63, 3.8) is 0 Å². The summed E-state index contributed by atoms with van der Waals surface area (Å²) in [5.41, 5.74) is 5.61. The van der Waals surface area contributed by atoms with Crippen molar-refractivity contribution in [1.82, 2.24) is 9.62 Å². The summed E-state index contributed by atoms with van der Waals surface area (Å²) in [6.07, 6.45) is 0. The highest BCUT2D eigenvalue weighted by molar-refractivity contribution is 7.89. The summed E-state index contributed by atoms with van der Waals surface area (Å²) >= 11 is 5.80. The van der Waals surface area contributed by atoms with Crippen LogP contribution in [0.3, 0.4) is 0 Å². The lowest BCUT2D eigenvalue weighted by atomic mass is 10.3. The molecule has 0 aliphatic heterocycles. The van der Waals surface area contributed by atoms with E-state index in [1.54, 1.807) is 6.07 Å². The van der Waals surface area contributed by atoms with Crippen molar-refractivity contribution in [2.45, 2.75) is 4.90 Å². The number of nitrogens with one attached hydrogen (secondary N) is 1. The minimum Gasteiger partial charge on any atom is -0.398 e. The number of carbonyl (C=O) groups excluding carboxylic acids is 1. The Kier molecular flexibility index (Phi) is 4.55. The fourth-order valence-corrected chi connectivity index (χ4v) is 2.84. The van der Waals surface area contributed by atoms with Crippen LogP contribution >= 0.6 is 11.6 Å². The predicted molar refractivity (Wildman–Crippen MR) is 69.7 cm³/mol. The Morgan fingerprint density at radius 2 is 2.06 bits per heavy atom. The van der Waals surface area contributed by atoms with Gasteiger partial charge < -0.3 is 10.6 Å². The van der Waals surface area contributed by atoms with E-state index in [-0.39, 0.29) is 28.1 Å². The van der Waals surface area contributed by atoms with Crippen molar-refractivity contribution in [2.75, 3.05) is 26.4 Å². The van der Waals surface area contributed by atoms with Crippen molar-refractivity contribution in [3.05, 3.63) is 23.2 Å². The molecule has 0 aliphatic rings. The zero-order valence-electron chi connectivity index (χ0n) is 9.97. The summed E-state index contributed by atoms with van der Waals surface area (Å²) in [6.45, 7) is -0.347. The number of halogens is 1. The minimum atomic E-state index is -3.90. The number of hydrogen-bond donors (Lipinski definition) is 2. The van der Waals surface area contributed by atoms with E-state index in [0.717, 1.165) is 0 Å². The van der Waals surface area contributed by atoms with Crippen LogP contribution in [-0.4, -0.2) is 39.9 Å². The Morgan fingerprint density at radius 1 is 1.44 bits per heavy atom. The first-order chi connectivity index (χ1) is 8.25. The normalized spacial score (nSPS) is 11.3. The maximum atomic E-state index is 12.0. The maximum Gasteiger partial charge on any atom is 0.244 e. The Balaban J connectivity index is 2.98. The molecule has 0 saturated carbocycles. The van der Waals surface area contributed by atoms with Gasteiger partial charge in [-0.3, -0.25) is 4.79 Å². The van der Waals surface area contributed by atoms with Gasteiger partial charge in [-0.15, -0.1) is 0 Å². The molecule has 0 aliphatic carbocycles. The van der Waals surface area contributed by atoms with Crippen LogP contribution in [0, 0.1) is 0 Å². The van der Waals surface area contributed by atoms with E-state index in [1.807, 2.05) is 0 Å². The summed E-state index contributed by atoms with van der Waals surface area (Å²) in [6, 6.07) is 4.39. The van der Waals surface area contributed by atoms with Crippen molar-refractivity contribution < 1.29 is 13.2 Å². The zero-order valence-corrected chi connectivity index (χ0v) is 11.5. The van der Waals surface area contributed by atoms with E-state index < -0.39 is 10.0 Å². The first-order valence-electron chi connectivity index (χ1n) is 4.99. The number of carbonyl (C=O) groups is 1. The standard InChI is InChI=1S/C10H14ClN3O3S/c1-14(2)9(15)6-13-18(16,17)10-7(11)4-3-5-8(10)12/h3-5,13H,6,12H2,1-2H3. The van der Waals surface area contributed by atoms with Gasteiger partial charge in [-0.05, 0) is 12.1 Å². The summed E-state index contributed by atoms with van der Waals surface area (Å²) in [7, 11) is -0.848. The molecule has 18 heavy (non-hydrogen) atoms. The van der Waals surface area contributed by atoms with Crippen LogP contribution in [0.2, 0.25) is 5.02 Å². The number of nitrogens with two attached hydrogens (primary N) is 1. The molecule has 0 aromatic heterocycles. The summed E-state index contributed by atoms with van der Waals surface area (Å²) in [4.78, 5) is 12.4. The zero-order chi connectivity index (χ0) is 13.9. The molecular weight excluding hydrogens is 278 g/mol. The second kappa shape index (κ2) is 5.55. The molecule has 8 heteroatoms. The second-order valence-corrected chi connectivity index (χ2v) is 5.88. The van der Waals surface area contributed by atoms with Crippen LogP contribution in [0.5, 0.6) is 0 Å². The third kappa shape index (κ3) is 3.34. The molecule has 0 unspecified atom stereocenters. The first-order valence-corrected chi connectivity index (χ1v) is 6.85. The number of rotatable bonds is 4. The fourth-order valence-electron chi connectivity index (χ4n) is 1.20. The number of nitrogen functional groups attached to an aromatic ring is 1. The lowest BCUT2D eigenvalue weighted by molar-refractivity contribution is -0.127. The molecule has 1 aromatic rings. The molecule has 0 fully saturated rings. The highest BCUT2D eigenvalue weighted by atomic mass is 35.5. The SMILES string of the molecule is CN(C)C(=O)CNS(=O)(=O)c1c(N)cccc1Cl. The average Bonchev–Trinajstić information content (AvgIpc) is 2.25. The first kappa shape index (κ1) is 14.7. The van der Waals surface area contributed by atoms with E-state index in [2.05, 4.69) is 4.72 Å². The number of nitrogens with zero attached hydrogens (tertiary/aromatic N) is 1. The van der Waals surface area contributed by atoms with Gasteiger partial charge in [-0.2, -0.15) is 0 Å². The van der Waals surface area contributed by atoms with Gasteiger partial charge in [0.15, 0.2) is 0 Å². The van der Waals surface area contributed by atoms with Crippen molar-refractivity contribution in [2.24, 2.45) is 0 Å². The van der Waals surface area contributed by atoms with Crippen LogP contribution in [0.4, 0.5) is 5.69 Å². The molecule has 1 rings (SSSR count). The molecule has 0 bridgehead atoms. The van der Waals surface area contributed by atoms with Gasteiger partial charge in [0.1, 0.15) is 4.90 Å². The van der Waals surface area contributed by atoms with Gasteiger partial charge in [0.2, 0.25) is 15.9 Å². The van der Waals surface area contributed by atoms with Crippen LogP contribution in [0.15, 0.2) is 23.1 Å². The molecule has 6 nitrogen and oxygen atoms in total. The molecule has 0 radical (unpaired) electrons. The third-order valence-electron chi connectivity index (χ3n) is 2.18. The summed E-state index contributed by atoms with van der Waals surface area (Å²) in [5.74, 6) is -0.371. The van der Waals surface area contributed by atoms with Crippen molar-refractivity contribution >= 4 is 33.2 Å². The predicted octanol–water partition coefficient (Wildman–Crippen LogP) is 0.289. The Hall–Kier alpha value is -1.31. The Labute approximate surface area is 111 Å². The Morgan fingerprint density at radius 3 is 2.56 bits per heavy atom. The molecule has 0 saturated heterocycles. The number of likely N-dealkylation sites (N-methyl/N-ethyl adjacent to an activating group) is 1. The van der Waals surface area contributed by atoms with Gasteiger partial charge >= 0.3 is 0 Å². The number of benzene rings is 1. The lowest BCUT2D eigenvalue weighted by Crippen LogP contribution is -2.36. The van der Waals surface area contributed by atoms with Crippen molar-refractivity contribution in [1.29, 1.82) is 0 Å². The van der Waals surface area contributed by atoms with Crippen molar-refractivity contribution in [3.8, 4) is 0 Å². The van der Waals surface area contributed by atoms with Crippen LogP contribution in [0.25, 0.3) is 0 Å². The third-order valence-corrected chi connectivity index (χ3v) is 4.12. The van der Waals surface area contributed by atoms with Gasteiger partial charge in [-0.1, -0.05) is 17.7 Å². The smallest absolute Gasteiger partial charge is 0.244 e. The summed E-state index contributed by atoms with van der Waals surface area (Å²) < 4.78 is 26.1. The monoisotopic (exact) mass is 291 g/mol. The lowest BCUT2D eigenvalue weighted by Gasteiger charge is -2.13. The van der Waals surface area contributed by atoms with Crippen LogP contribution in [0.1, 0.15) is 0 Å². The largest absolute Gasteiger partial charge is 0.398 e. The second-order valence-electron chi connectivity index (χ2n) is 3.77. The molecule has 0 spiro atoms. The average molecular weight is 292 g/mol. The van der Waals surface area contributed by atoms with Gasteiger partial charge in [-0.25, -0.2) is 13.1 Å². The van der Waals surface area contributed by atoms with Crippen LogP contribution in [-0.2, 0) is 14.8 Å². The molecular formula is C10H14ClN3O3S. The van der Waals surface area contributed by atoms with E-state index in [0.29, 0.717) is 0 Å². The van der Waals surface area contributed by atoms with Gasteiger partial charge in [0.25, 0.3) is 0 Å². The molecule has 100 valence electrons. The maximum absolute atomic E-state index is 12.0. The van der Waals surface area contributed by atoms with Crippen LogP contribution < -0.4 is 10.5 Å². The molecule has 0 heterocycles. The minimum absolute atomic E-state index is 0.0137. The molecule has 3 N–H and O–H groups in total. The van der Waals surface area contributed by atoms with E-state index in [4.69, 9.17) is 17.3 Å². The molecule has 0 atom stereocenters. The van der Waals surface area contributed by atoms with E-state index in [9.17, 15) is 13.2 Å². The van der Waals surface area contributed by atoms with Gasteiger partial charge in [0.05, 0.1) is 17.3 Å². The highest BCUT2D eigenvalue weighted by Crippen LogP contribution is 2.26. The topological polar surface area (TPSA) is 92.5 Å². The number of amides is 1. The molecule has 1 amide bonds. The Bertz CT molecular complexity index is 537. The highest BCUT2D eigenvalue weighted by Gasteiger charge is 2.21. The number of anilines is 1. The quantitative estimate of drug-likeness (QED) is 0.780. The van der Waals surface area contributed by atoms with Gasteiger partial charge in [0, 0.05) is 14.1 Å².